The van der Waals surface area contributed by atoms with Gasteiger partial charge in [0.2, 0.25) is 5.91 Å². The number of benzene rings is 1. The van der Waals surface area contributed by atoms with E-state index in [1.54, 1.807) is 24.3 Å². The summed E-state index contributed by atoms with van der Waals surface area (Å²) >= 11 is 5.96. The number of amides is 2. The first-order valence-corrected chi connectivity index (χ1v) is 8.19. The summed E-state index contributed by atoms with van der Waals surface area (Å²) in [6.45, 7) is 4.38. The molecule has 1 saturated carbocycles. The van der Waals surface area contributed by atoms with Crippen LogP contribution < -0.4 is 10.6 Å². The Balaban J connectivity index is 1.83. The van der Waals surface area contributed by atoms with Crippen molar-refractivity contribution in [2.75, 3.05) is 6.54 Å². The molecule has 22 heavy (non-hydrogen) atoms. The standard InChI is InChI=1S/C17H23ClN2O2/c1-11-6-5-9-15(12(11)2)20-16(21)10-19-17(22)13-7-3-4-8-14(13)18/h3-4,7-8,11-12,15H,5-6,9-10H2,1-2H3,(H,19,22)(H,20,21)/t11-,12+,15+/m0/s1. The average molecular weight is 323 g/mol. The van der Waals surface area contributed by atoms with E-state index in [-0.39, 0.29) is 24.4 Å². The molecule has 2 N–H and O–H groups in total. The van der Waals surface area contributed by atoms with Crippen LogP contribution >= 0.6 is 11.6 Å². The first-order valence-electron chi connectivity index (χ1n) is 7.81. The maximum Gasteiger partial charge on any atom is 0.253 e. The van der Waals surface area contributed by atoms with Crippen molar-refractivity contribution < 1.29 is 9.59 Å². The van der Waals surface area contributed by atoms with Crippen LogP contribution in [0, 0.1) is 11.8 Å². The van der Waals surface area contributed by atoms with Gasteiger partial charge in [0.1, 0.15) is 0 Å². The van der Waals surface area contributed by atoms with E-state index in [1.165, 1.54) is 6.42 Å². The lowest BCUT2D eigenvalue weighted by atomic mass is 9.78. The molecule has 0 spiro atoms. The Bertz CT molecular complexity index is 547. The van der Waals surface area contributed by atoms with Crippen LogP contribution in [-0.4, -0.2) is 24.4 Å². The average Bonchev–Trinajstić information content (AvgIpc) is 2.50. The highest BCUT2D eigenvalue weighted by molar-refractivity contribution is 6.33. The molecule has 1 aliphatic rings. The van der Waals surface area contributed by atoms with Crippen LogP contribution in [0.5, 0.6) is 0 Å². The zero-order chi connectivity index (χ0) is 16.1. The van der Waals surface area contributed by atoms with Gasteiger partial charge in [-0.25, -0.2) is 0 Å². The predicted octanol–water partition coefficient (Wildman–Crippen LogP) is 3.01. The maximum atomic E-state index is 12.0. The van der Waals surface area contributed by atoms with Crippen molar-refractivity contribution in [3.63, 3.8) is 0 Å². The number of halogens is 1. The Hall–Kier alpha value is -1.55. The van der Waals surface area contributed by atoms with Crippen molar-refractivity contribution in [2.45, 2.75) is 39.2 Å². The van der Waals surface area contributed by atoms with Gasteiger partial charge in [-0.05, 0) is 30.4 Å². The Kier molecular flexibility index (Phi) is 5.83. The fraction of sp³-hybridized carbons (Fsp3) is 0.529. The molecule has 2 amide bonds. The molecule has 4 nitrogen and oxygen atoms in total. The molecule has 1 aliphatic carbocycles. The lowest BCUT2D eigenvalue weighted by Gasteiger charge is -2.34. The van der Waals surface area contributed by atoms with Crippen molar-refractivity contribution in [2.24, 2.45) is 11.8 Å². The third-order valence-electron chi connectivity index (χ3n) is 4.58. The van der Waals surface area contributed by atoms with Gasteiger partial charge in [-0.15, -0.1) is 0 Å². The molecule has 1 aromatic rings. The van der Waals surface area contributed by atoms with Crippen molar-refractivity contribution >= 4 is 23.4 Å². The van der Waals surface area contributed by atoms with Gasteiger partial charge in [0.25, 0.3) is 5.91 Å². The van der Waals surface area contributed by atoms with Crippen LogP contribution in [0.3, 0.4) is 0 Å². The van der Waals surface area contributed by atoms with E-state index < -0.39 is 0 Å². The molecule has 0 heterocycles. The summed E-state index contributed by atoms with van der Waals surface area (Å²) in [6.07, 6.45) is 3.37. The van der Waals surface area contributed by atoms with Gasteiger partial charge in [-0.3, -0.25) is 9.59 Å². The highest BCUT2D eigenvalue weighted by atomic mass is 35.5. The van der Waals surface area contributed by atoms with Crippen molar-refractivity contribution in [3.05, 3.63) is 34.9 Å². The Morgan fingerprint density at radius 2 is 1.95 bits per heavy atom. The minimum atomic E-state index is -0.328. The molecule has 1 aromatic carbocycles. The van der Waals surface area contributed by atoms with Gasteiger partial charge in [0, 0.05) is 6.04 Å². The predicted molar refractivity (Wildman–Crippen MR) is 87.9 cm³/mol. The topological polar surface area (TPSA) is 58.2 Å². The van der Waals surface area contributed by atoms with Gasteiger partial charge in [-0.2, -0.15) is 0 Å². The molecule has 120 valence electrons. The molecule has 3 atom stereocenters. The van der Waals surface area contributed by atoms with Crippen molar-refractivity contribution in [1.82, 2.24) is 10.6 Å². The summed E-state index contributed by atoms with van der Waals surface area (Å²) in [6, 6.07) is 7.00. The Morgan fingerprint density at radius 3 is 2.68 bits per heavy atom. The van der Waals surface area contributed by atoms with E-state index >= 15 is 0 Å². The second kappa shape index (κ2) is 7.63. The maximum absolute atomic E-state index is 12.0. The highest BCUT2D eigenvalue weighted by Gasteiger charge is 2.28. The van der Waals surface area contributed by atoms with Crippen LogP contribution in [0.25, 0.3) is 0 Å². The molecule has 0 bridgehead atoms. The van der Waals surface area contributed by atoms with Gasteiger partial charge in [0.05, 0.1) is 17.1 Å². The van der Waals surface area contributed by atoms with Crippen LogP contribution in [0.4, 0.5) is 0 Å². The minimum absolute atomic E-state index is 0.0261. The number of carbonyl (C=O) groups excluding carboxylic acids is 2. The lowest BCUT2D eigenvalue weighted by Crippen LogP contribution is -2.47. The van der Waals surface area contributed by atoms with E-state index in [4.69, 9.17) is 11.6 Å². The number of hydrogen-bond acceptors (Lipinski definition) is 2. The molecule has 0 unspecified atom stereocenters. The number of hydrogen-bond donors (Lipinski definition) is 2. The van der Waals surface area contributed by atoms with Gasteiger partial charge in [0.15, 0.2) is 0 Å². The first kappa shape index (κ1) is 16.8. The smallest absolute Gasteiger partial charge is 0.253 e. The first-order chi connectivity index (χ1) is 10.5. The van der Waals surface area contributed by atoms with E-state index in [9.17, 15) is 9.59 Å². The van der Waals surface area contributed by atoms with Crippen LogP contribution in [-0.2, 0) is 4.79 Å². The van der Waals surface area contributed by atoms with E-state index in [2.05, 4.69) is 24.5 Å². The zero-order valence-corrected chi connectivity index (χ0v) is 13.8. The molecule has 0 aliphatic heterocycles. The van der Waals surface area contributed by atoms with Crippen LogP contribution in [0.1, 0.15) is 43.5 Å². The summed E-state index contributed by atoms with van der Waals surface area (Å²) in [5, 5.41) is 6.04. The molecule has 2 rings (SSSR count). The lowest BCUT2D eigenvalue weighted by molar-refractivity contribution is -0.121. The van der Waals surface area contributed by atoms with E-state index in [0.717, 1.165) is 12.8 Å². The third-order valence-corrected chi connectivity index (χ3v) is 4.91. The third kappa shape index (κ3) is 4.23. The quantitative estimate of drug-likeness (QED) is 0.895. The Labute approximate surface area is 136 Å². The monoisotopic (exact) mass is 322 g/mol. The largest absolute Gasteiger partial charge is 0.352 e. The number of nitrogens with one attached hydrogen (secondary N) is 2. The summed E-state index contributed by atoms with van der Waals surface area (Å²) in [7, 11) is 0. The molecule has 1 fully saturated rings. The van der Waals surface area contributed by atoms with Gasteiger partial charge in [-0.1, -0.05) is 50.4 Å². The van der Waals surface area contributed by atoms with Crippen LogP contribution in [0.15, 0.2) is 24.3 Å². The molecule has 0 radical (unpaired) electrons. The van der Waals surface area contributed by atoms with Crippen molar-refractivity contribution in [1.29, 1.82) is 0 Å². The van der Waals surface area contributed by atoms with Crippen LogP contribution in [0.2, 0.25) is 5.02 Å². The molecule has 0 saturated heterocycles. The molecule has 0 aromatic heterocycles. The second-order valence-electron chi connectivity index (χ2n) is 6.10. The zero-order valence-electron chi connectivity index (χ0n) is 13.1. The van der Waals surface area contributed by atoms with E-state index in [1.807, 2.05) is 0 Å². The summed E-state index contributed by atoms with van der Waals surface area (Å²) < 4.78 is 0. The van der Waals surface area contributed by atoms with Gasteiger partial charge >= 0.3 is 0 Å². The van der Waals surface area contributed by atoms with Crippen molar-refractivity contribution in [3.8, 4) is 0 Å². The fourth-order valence-electron chi connectivity index (χ4n) is 2.94. The SMILES string of the molecule is C[C@@H]1[C@@H](C)CCC[C@H]1NC(=O)CNC(=O)c1ccccc1Cl. The van der Waals surface area contributed by atoms with Gasteiger partial charge < -0.3 is 10.6 Å². The summed E-state index contributed by atoms with van der Waals surface area (Å²) in [4.78, 5) is 24.0. The Morgan fingerprint density at radius 1 is 1.23 bits per heavy atom. The second-order valence-corrected chi connectivity index (χ2v) is 6.51. The molecular weight excluding hydrogens is 300 g/mol. The fourth-order valence-corrected chi connectivity index (χ4v) is 3.17. The number of carbonyl (C=O) groups is 2. The molecule has 5 heteroatoms. The highest BCUT2D eigenvalue weighted by Crippen LogP contribution is 2.29. The summed E-state index contributed by atoms with van der Waals surface area (Å²) in [5.41, 5.74) is 0.386. The summed E-state index contributed by atoms with van der Waals surface area (Å²) in [5.74, 6) is 0.617. The normalized spacial score (nSPS) is 24.6. The van der Waals surface area contributed by atoms with E-state index in [0.29, 0.717) is 22.4 Å². The number of rotatable bonds is 4. The minimum Gasteiger partial charge on any atom is -0.352 e. The molecular formula is C17H23ClN2O2.